The molecule has 0 saturated heterocycles. The van der Waals surface area contributed by atoms with Crippen molar-refractivity contribution in [2.75, 3.05) is 7.05 Å². The van der Waals surface area contributed by atoms with Crippen LogP contribution in [0.15, 0.2) is 34.8 Å². The van der Waals surface area contributed by atoms with Crippen molar-refractivity contribution in [2.24, 2.45) is 0 Å². The van der Waals surface area contributed by atoms with Crippen LogP contribution in [0.4, 0.5) is 4.39 Å². The summed E-state index contributed by atoms with van der Waals surface area (Å²) in [6, 6.07) is 8.09. The van der Waals surface area contributed by atoms with Gasteiger partial charge in [0, 0.05) is 27.2 Å². The summed E-state index contributed by atoms with van der Waals surface area (Å²) in [6.45, 7) is 0.639. The normalized spacial score (nSPS) is 10.7. The van der Waals surface area contributed by atoms with E-state index in [1.165, 1.54) is 6.07 Å². The third-order valence-corrected chi connectivity index (χ3v) is 3.82. The summed E-state index contributed by atoms with van der Waals surface area (Å²) >= 11 is 15.5. The Morgan fingerprint density at radius 1 is 1.19 bits per heavy atom. The molecule has 0 aliphatic carbocycles. The maximum Gasteiger partial charge on any atom is 0.142 e. The monoisotopic (exact) mass is 391 g/mol. The van der Waals surface area contributed by atoms with Gasteiger partial charge in [-0.3, -0.25) is 0 Å². The molecule has 0 amide bonds. The topological polar surface area (TPSA) is 21.3 Å². The van der Waals surface area contributed by atoms with Gasteiger partial charge in [-0.25, -0.2) is 4.39 Å². The van der Waals surface area contributed by atoms with E-state index >= 15 is 0 Å². The Kier molecular flexibility index (Phi) is 5.88. The molecule has 0 aliphatic rings. The van der Waals surface area contributed by atoms with Crippen LogP contribution in [0.5, 0.6) is 5.75 Å². The van der Waals surface area contributed by atoms with E-state index in [1.54, 1.807) is 24.3 Å². The summed E-state index contributed by atoms with van der Waals surface area (Å²) in [7, 11) is 1.81. The van der Waals surface area contributed by atoms with Gasteiger partial charge in [0.1, 0.15) is 18.2 Å². The molecule has 21 heavy (non-hydrogen) atoms. The number of ether oxygens (including phenoxy) is 1. The van der Waals surface area contributed by atoms with E-state index in [0.29, 0.717) is 27.9 Å². The first-order chi connectivity index (χ1) is 10.0. The fourth-order valence-corrected chi connectivity index (χ4v) is 2.90. The zero-order valence-corrected chi connectivity index (χ0v) is 14.3. The van der Waals surface area contributed by atoms with Crippen LogP contribution in [-0.2, 0) is 13.2 Å². The van der Waals surface area contributed by atoms with Crippen LogP contribution in [0.2, 0.25) is 10.0 Å². The van der Waals surface area contributed by atoms with Gasteiger partial charge in [0.25, 0.3) is 0 Å². The number of nitrogens with one attached hydrogen (secondary N) is 1. The molecule has 0 fully saturated rings. The SMILES string of the molecule is CNCc1cc(Cl)cc(Cl)c1OCc1cc(Br)ccc1F. The molecule has 0 aromatic heterocycles. The van der Waals surface area contributed by atoms with Gasteiger partial charge < -0.3 is 10.1 Å². The molecule has 2 rings (SSSR count). The lowest BCUT2D eigenvalue weighted by molar-refractivity contribution is 0.296. The first-order valence-electron chi connectivity index (χ1n) is 6.20. The van der Waals surface area contributed by atoms with Crippen LogP contribution in [0, 0.1) is 5.82 Å². The Morgan fingerprint density at radius 2 is 1.95 bits per heavy atom. The maximum absolute atomic E-state index is 13.7. The van der Waals surface area contributed by atoms with Gasteiger partial charge in [-0.15, -0.1) is 0 Å². The molecular formula is C15H13BrCl2FNO. The molecule has 0 spiro atoms. The Balaban J connectivity index is 2.25. The smallest absolute Gasteiger partial charge is 0.142 e. The second kappa shape index (κ2) is 7.45. The second-order valence-corrected chi connectivity index (χ2v) is 6.19. The van der Waals surface area contributed by atoms with E-state index in [2.05, 4.69) is 21.2 Å². The molecule has 2 aromatic carbocycles. The molecule has 112 valence electrons. The van der Waals surface area contributed by atoms with Gasteiger partial charge in [0.15, 0.2) is 0 Å². The highest BCUT2D eigenvalue weighted by atomic mass is 79.9. The van der Waals surface area contributed by atoms with Crippen molar-refractivity contribution in [3.05, 3.63) is 61.8 Å². The van der Waals surface area contributed by atoms with Crippen molar-refractivity contribution in [2.45, 2.75) is 13.2 Å². The lowest BCUT2D eigenvalue weighted by Gasteiger charge is -2.14. The largest absolute Gasteiger partial charge is 0.487 e. The molecular weight excluding hydrogens is 380 g/mol. The Labute approximate surface area is 141 Å². The summed E-state index contributed by atoms with van der Waals surface area (Å²) in [5.41, 5.74) is 1.27. The predicted molar refractivity (Wildman–Crippen MR) is 87.7 cm³/mol. The predicted octanol–water partition coefficient (Wildman–Crippen LogP) is 5.19. The van der Waals surface area contributed by atoms with E-state index < -0.39 is 0 Å². The zero-order valence-electron chi connectivity index (χ0n) is 11.2. The third-order valence-electron chi connectivity index (χ3n) is 2.83. The number of halogens is 4. The molecule has 0 aliphatic heterocycles. The average Bonchev–Trinajstić information content (AvgIpc) is 2.41. The van der Waals surface area contributed by atoms with Crippen LogP contribution in [0.25, 0.3) is 0 Å². The third kappa shape index (κ3) is 4.33. The number of rotatable bonds is 5. The second-order valence-electron chi connectivity index (χ2n) is 4.43. The van der Waals surface area contributed by atoms with Crippen LogP contribution in [0.3, 0.4) is 0 Å². The molecule has 0 heterocycles. The summed E-state index contributed by atoms with van der Waals surface area (Å²) in [4.78, 5) is 0. The van der Waals surface area contributed by atoms with Crippen LogP contribution >= 0.6 is 39.1 Å². The fourth-order valence-electron chi connectivity index (χ4n) is 1.90. The van der Waals surface area contributed by atoms with E-state index in [-0.39, 0.29) is 12.4 Å². The lowest BCUT2D eigenvalue weighted by atomic mass is 10.2. The minimum absolute atomic E-state index is 0.0866. The molecule has 2 nitrogen and oxygen atoms in total. The molecule has 0 bridgehead atoms. The quantitative estimate of drug-likeness (QED) is 0.755. The minimum Gasteiger partial charge on any atom is -0.487 e. The van der Waals surface area contributed by atoms with E-state index in [4.69, 9.17) is 27.9 Å². The molecule has 6 heteroatoms. The molecule has 0 unspecified atom stereocenters. The Bertz CT molecular complexity index is 652. The van der Waals surface area contributed by atoms with Crippen molar-refractivity contribution >= 4 is 39.1 Å². The molecule has 2 aromatic rings. The summed E-state index contributed by atoms with van der Waals surface area (Å²) in [6.07, 6.45) is 0. The Hall–Kier alpha value is -0.810. The highest BCUT2D eigenvalue weighted by Gasteiger charge is 2.12. The van der Waals surface area contributed by atoms with E-state index in [9.17, 15) is 4.39 Å². The summed E-state index contributed by atoms with van der Waals surface area (Å²) < 4.78 is 20.2. The first kappa shape index (κ1) is 16.6. The van der Waals surface area contributed by atoms with Gasteiger partial charge >= 0.3 is 0 Å². The van der Waals surface area contributed by atoms with Crippen LogP contribution in [-0.4, -0.2) is 7.05 Å². The van der Waals surface area contributed by atoms with Crippen molar-refractivity contribution < 1.29 is 9.13 Å². The minimum atomic E-state index is -0.321. The van der Waals surface area contributed by atoms with Crippen molar-refractivity contribution in [1.29, 1.82) is 0 Å². The Morgan fingerprint density at radius 3 is 2.67 bits per heavy atom. The maximum atomic E-state index is 13.7. The fraction of sp³-hybridized carbons (Fsp3) is 0.200. The van der Waals surface area contributed by atoms with Crippen LogP contribution < -0.4 is 10.1 Å². The van der Waals surface area contributed by atoms with Gasteiger partial charge in [-0.1, -0.05) is 39.1 Å². The highest BCUT2D eigenvalue weighted by Crippen LogP contribution is 2.33. The standard InChI is InChI=1S/C15H13BrCl2FNO/c1-20-7-9-5-12(17)6-13(18)15(9)21-8-10-4-11(16)2-3-14(10)19/h2-6,20H,7-8H2,1H3. The van der Waals surface area contributed by atoms with Crippen molar-refractivity contribution in [3.63, 3.8) is 0 Å². The number of hydrogen-bond donors (Lipinski definition) is 1. The highest BCUT2D eigenvalue weighted by molar-refractivity contribution is 9.10. The van der Waals surface area contributed by atoms with Gasteiger partial charge in [-0.2, -0.15) is 0 Å². The first-order valence-corrected chi connectivity index (χ1v) is 7.75. The lowest BCUT2D eigenvalue weighted by Crippen LogP contribution is -2.08. The zero-order chi connectivity index (χ0) is 15.4. The summed E-state index contributed by atoms with van der Waals surface area (Å²) in [5, 5.41) is 3.96. The van der Waals surface area contributed by atoms with Gasteiger partial charge in [-0.05, 0) is 37.4 Å². The van der Waals surface area contributed by atoms with Crippen molar-refractivity contribution in [3.8, 4) is 5.75 Å². The average molecular weight is 393 g/mol. The summed E-state index contributed by atoms with van der Waals surface area (Å²) in [5.74, 6) is 0.188. The molecule has 0 saturated carbocycles. The van der Waals surface area contributed by atoms with Gasteiger partial charge in [0.05, 0.1) is 5.02 Å². The number of benzene rings is 2. The van der Waals surface area contributed by atoms with Crippen LogP contribution in [0.1, 0.15) is 11.1 Å². The van der Waals surface area contributed by atoms with Gasteiger partial charge in [0.2, 0.25) is 0 Å². The van der Waals surface area contributed by atoms with Crippen molar-refractivity contribution in [1.82, 2.24) is 5.32 Å². The molecule has 0 atom stereocenters. The van der Waals surface area contributed by atoms with E-state index in [0.717, 1.165) is 10.0 Å². The molecule has 0 radical (unpaired) electrons. The number of hydrogen-bond acceptors (Lipinski definition) is 2. The molecule has 1 N–H and O–H groups in total. The van der Waals surface area contributed by atoms with E-state index in [1.807, 2.05) is 7.05 Å².